The second kappa shape index (κ2) is 6.58. The van der Waals surface area contributed by atoms with Gasteiger partial charge in [0.15, 0.2) is 0 Å². The zero-order valence-corrected chi connectivity index (χ0v) is 12.4. The fraction of sp³-hybridized carbons (Fsp3) is 0.625. The highest BCUT2D eigenvalue weighted by molar-refractivity contribution is 9.09. The minimum absolute atomic E-state index is 0.660. The maximum Gasteiger partial charge on any atom is 0.0188 e. The maximum absolute atomic E-state index is 3.87. The topological polar surface area (TPSA) is 0 Å². The van der Waals surface area contributed by atoms with Gasteiger partial charge in [0.2, 0.25) is 0 Å². The number of hydrogen-bond acceptors (Lipinski definition) is 0. The van der Waals surface area contributed by atoms with Gasteiger partial charge in [-0.05, 0) is 31.2 Å². The Hall–Kier alpha value is -0.300. The number of aryl methyl sites for hydroxylation is 1. The molecule has 0 radical (unpaired) electrons. The van der Waals surface area contributed by atoms with E-state index in [4.69, 9.17) is 0 Å². The molecular weight excluding hydrogens is 272 g/mol. The Morgan fingerprint density at radius 2 is 1.76 bits per heavy atom. The van der Waals surface area contributed by atoms with Crippen LogP contribution in [0.1, 0.15) is 49.7 Å². The lowest BCUT2D eigenvalue weighted by molar-refractivity contribution is 0.337. The molecule has 0 spiro atoms. The van der Waals surface area contributed by atoms with Crippen molar-refractivity contribution in [3.63, 3.8) is 0 Å². The van der Waals surface area contributed by atoms with E-state index >= 15 is 0 Å². The van der Waals surface area contributed by atoms with Gasteiger partial charge in [-0.2, -0.15) is 0 Å². The summed E-state index contributed by atoms with van der Waals surface area (Å²) in [6.07, 6.45) is 9.81. The third kappa shape index (κ3) is 4.46. The van der Waals surface area contributed by atoms with E-state index in [1.165, 1.54) is 56.1 Å². The quantitative estimate of drug-likeness (QED) is 0.664. The molecule has 2 rings (SSSR count). The Bertz CT molecular complexity index is 322. The van der Waals surface area contributed by atoms with Gasteiger partial charge in [0.25, 0.3) is 0 Å². The molecule has 1 heteroatoms. The molecule has 1 aliphatic rings. The SMILES string of the molecule is Cc1ccc(CC(Br)CC2CCCCC2)cc1. The van der Waals surface area contributed by atoms with Crippen molar-refractivity contribution >= 4 is 15.9 Å². The molecule has 1 fully saturated rings. The van der Waals surface area contributed by atoms with Gasteiger partial charge >= 0.3 is 0 Å². The van der Waals surface area contributed by atoms with E-state index in [0.29, 0.717) is 4.83 Å². The molecule has 0 nitrogen and oxygen atoms in total. The highest BCUT2D eigenvalue weighted by Gasteiger charge is 2.17. The highest BCUT2D eigenvalue weighted by Crippen LogP contribution is 2.30. The Balaban J connectivity index is 1.79. The summed E-state index contributed by atoms with van der Waals surface area (Å²) in [5.74, 6) is 0.971. The first-order valence-electron chi connectivity index (χ1n) is 6.93. The van der Waals surface area contributed by atoms with Crippen LogP contribution in [-0.2, 0) is 6.42 Å². The van der Waals surface area contributed by atoms with Crippen molar-refractivity contribution in [1.82, 2.24) is 0 Å². The molecule has 1 unspecified atom stereocenters. The average Bonchev–Trinajstić information content (AvgIpc) is 2.33. The van der Waals surface area contributed by atoms with Gasteiger partial charge in [0.05, 0.1) is 0 Å². The first-order chi connectivity index (χ1) is 8.24. The van der Waals surface area contributed by atoms with E-state index in [2.05, 4.69) is 47.1 Å². The zero-order valence-electron chi connectivity index (χ0n) is 10.8. The molecule has 94 valence electrons. The normalized spacial score (nSPS) is 19.2. The van der Waals surface area contributed by atoms with Crippen LogP contribution in [0.3, 0.4) is 0 Å². The minimum atomic E-state index is 0.660. The van der Waals surface area contributed by atoms with Crippen LogP contribution in [0, 0.1) is 12.8 Å². The fourth-order valence-electron chi connectivity index (χ4n) is 2.85. The molecule has 0 aliphatic heterocycles. The molecule has 1 aromatic rings. The lowest BCUT2D eigenvalue weighted by Crippen LogP contribution is -2.13. The second-order valence-electron chi connectivity index (χ2n) is 5.53. The summed E-state index contributed by atoms with van der Waals surface area (Å²) in [6, 6.07) is 8.97. The summed E-state index contributed by atoms with van der Waals surface area (Å²) in [5.41, 5.74) is 2.82. The van der Waals surface area contributed by atoms with Crippen molar-refractivity contribution in [1.29, 1.82) is 0 Å². The minimum Gasteiger partial charge on any atom is -0.0887 e. The largest absolute Gasteiger partial charge is 0.0887 e. The van der Waals surface area contributed by atoms with Crippen molar-refractivity contribution < 1.29 is 0 Å². The van der Waals surface area contributed by atoms with Crippen LogP contribution in [0.2, 0.25) is 0 Å². The van der Waals surface area contributed by atoms with Gasteiger partial charge in [-0.15, -0.1) is 0 Å². The van der Waals surface area contributed by atoms with Crippen molar-refractivity contribution in [2.75, 3.05) is 0 Å². The molecule has 0 N–H and O–H groups in total. The molecule has 1 atom stereocenters. The van der Waals surface area contributed by atoms with Gasteiger partial charge in [-0.1, -0.05) is 77.9 Å². The van der Waals surface area contributed by atoms with Gasteiger partial charge in [0.1, 0.15) is 0 Å². The van der Waals surface area contributed by atoms with Crippen LogP contribution in [0.25, 0.3) is 0 Å². The lowest BCUT2D eigenvalue weighted by Gasteiger charge is -2.23. The lowest BCUT2D eigenvalue weighted by atomic mass is 9.85. The van der Waals surface area contributed by atoms with Gasteiger partial charge in [-0.25, -0.2) is 0 Å². The third-order valence-corrected chi connectivity index (χ3v) is 4.59. The maximum atomic E-state index is 3.87. The number of hydrogen-bond donors (Lipinski definition) is 0. The predicted molar refractivity (Wildman–Crippen MR) is 78.8 cm³/mol. The van der Waals surface area contributed by atoms with Gasteiger partial charge < -0.3 is 0 Å². The summed E-state index contributed by atoms with van der Waals surface area (Å²) in [7, 11) is 0. The van der Waals surface area contributed by atoms with Crippen molar-refractivity contribution in [2.24, 2.45) is 5.92 Å². The molecule has 0 bridgehead atoms. The summed E-state index contributed by atoms with van der Waals surface area (Å²) >= 11 is 3.87. The van der Waals surface area contributed by atoms with E-state index in [9.17, 15) is 0 Å². The van der Waals surface area contributed by atoms with E-state index in [1.54, 1.807) is 0 Å². The van der Waals surface area contributed by atoms with Gasteiger partial charge in [-0.3, -0.25) is 0 Å². The molecule has 17 heavy (non-hydrogen) atoms. The van der Waals surface area contributed by atoms with E-state index in [0.717, 1.165) is 5.92 Å². The Kier molecular flexibility index (Phi) is 5.09. The smallest absolute Gasteiger partial charge is 0.0188 e. The Labute approximate surface area is 114 Å². The number of benzene rings is 1. The first-order valence-corrected chi connectivity index (χ1v) is 7.85. The van der Waals surface area contributed by atoms with E-state index in [1.807, 2.05) is 0 Å². The van der Waals surface area contributed by atoms with Crippen LogP contribution in [-0.4, -0.2) is 4.83 Å². The fourth-order valence-corrected chi connectivity index (χ4v) is 3.75. The van der Waals surface area contributed by atoms with E-state index < -0.39 is 0 Å². The first kappa shape index (κ1) is 13.1. The highest BCUT2D eigenvalue weighted by atomic mass is 79.9. The van der Waals surface area contributed by atoms with Crippen LogP contribution in [0.4, 0.5) is 0 Å². The molecule has 1 saturated carbocycles. The average molecular weight is 295 g/mol. The molecule has 0 amide bonds. The van der Waals surface area contributed by atoms with Gasteiger partial charge in [0, 0.05) is 4.83 Å². The third-order valence-electron chi connectivity index (χ3n) is 3.89. The number of rotatable bonds is 4. The van der Waals surface area contributed by atoms with E-state index in [-0.39, 0.29) is 0 Å². The zero-order chi connectivity index (χ0) is 12.1. The standard InChI is InChI=1S/C16H23Br/c1-13-7-9-15(10-8-13)12-16(17)11-14-5-3-2-4-6-14/h7-10,14,16H,2-6,11-12H2,1H3. The summed E-state index contributed by atoms with van der Waals surface area (Å²) in [6.45, 7) is 2.15. The molecular formula is C16H23Br. The van der Waals surface area contributed by atoms with Crippen molar-refractivity contribution in [3.05, 3.63) is 35.4 Å². The van der Waals surface area contributed by atoms with Crippen LogP contribution in [0.15, 0.2) is 24.3 Å². The summed E-state index contributed by atoms with van der Waals surface area (Å²) < 4.78 is 0. The molecule has 1 aromatic carbocycles. The molecule has 0 aromatic heterocycles. The Morgan fingerprint density at radius 3 is 2.41 bits per heavy atom. The number of halogens is 1. The molecule has 1 aliphatic carbocycles. The second-order valence-corrected chi connectivity index (χ2v) is 6.82. The summed E-state index contributed by atoms with van der Waals surface area (Å²) in [5, 5.41) is 0. The van der Waals surface area contributed by atoms with Crippen LogP contribution >= 0.6 is 15.9 Å². The van der Waals surface area contributed by atoms with Crippen LogP contribution < -0.4 is 0 Å². The Morgan fingerprint density at radius 1 is 1.12 bits per heavy atom. The van der Waals surface area contributed by atoms with Crippen molar-refractivity contribution in [3.8, 4) is 0 Å². The predicted octanol–water partition coefficient (Wildman–Crippen LogP) is 5.27. The molecule has 0 saturated heterocycles. The van der Waals surface area contributed by atoms with Crippen LogP contribution in [0.5, 0.6) is 0 Å². The monoisotopic (exact) mass is 294 g/mol. The number of alkyl halides is 1. The summed E-state index contributed by atoms with van der Waals surface area (Å²) in [4.78, 5) is 0.660. The molecule has 0 heterocycles. The van der Waals surface area contributed by atoms with Crippen molar-refractivity contribution in [2.45, 2.75) is 56.7 Å².